The third-order valence-electron chi connectivity index (χ3n) is 5.65. The van der Waals surface area contributed by atoms with Crippen LogP contribution in [-0.4, -0.2) is 59.5 Å². The molecule has 3 N–H and O–H groups in total. The minimum Gasteiger partial charge on any atom is -0.475 e. The zero-order valence-corrected chi connectivity index (χ0v) is 21.4. The van der Waals surface area contributed by atoms with Crippen LogP contribution in [0.15, 0.2) is 48.5 Å². The summed E-state index contributed by atoms with van der Waals surface area (Å²) in [6.45, 7) is 3.85. The molecule has 1 saturated heterocycles. The number of hydrogen-bond acceptors (Lipinski definition) is 4. The number of carboxylic acid groups (broad SMARTS) is 1. The Hall–Kier alpha value is -3.60. The number of nitrogens with zero attached hydrogens (tertiary/aromatic N) is 1. The number of unbranched alkanes of at least 4 members (excludes halogenated alkanes) is 1. The lowest BCUT2D eigenvalue weighted by molar-refractivity contribution is -0.192. The Balaban J connectivity index is 0.000000638. The van der Waals surface area contributed by atoms with E-state index < -0.39 is 12.1 Å². The van der Waals surface area contributed by atoms with Crippen molar-refractivity contribution >= 4 is 41.0 Å². The standard InChI is InChI=1S/C24H28ClN3O3.C2HF3O2/c1-2-3-14-26-22(29)19-5-4-15-28(16-19)24(31)18-8-12-21(13-9-18)27-23(30)17-6-10-20(25)11-7-17;3-2(4,5)1(6)7/h6-13,19H,2-5,14-16H2,1H3,(H,26,29)(H,27,30);(H,6,7). The van der Waals surface area contributed by atoms with Crippen molar-refractivity contribution in [2.75, 3.05) is 25.0 Å². The van der Waals surface area contributed by atoms with Gasteiger partial charge in [-0.2, -0.15) is 13.2 Å². The first-order valence-corrected chi connectivity index (χ1v) is 12.3. The SMILES string of the molecule is CCCCNC(=O)C1CCCN(C(=O)c2ccc(NC(=O)c3ccc(Cl)cc3)cc2)C1.O=C(O)C(F)(F)F. The molecule has 1 fully saturated rings. The van der Waals surface area contributed by atoms with Crippen molar-refractivity contribution in [2.45, 2.75) is 38.8 Å². The summed E-state index contributed by atoms with van der Waals surface area (Å²) in [4.78, 5) is 48.2. The molecule has 0 aromatic heterocycles. The number of benzene rings is 2. The van der Waals surface area contributed by atoms with Crippen LogP contribution >= 0.6 is 11.6 Å². The second-order valence-electron chi connectivity index (χ2n) is 8.58. The zero-order chi connectivity index (χ0) is 28.3. The van der Waals surface area contributed by atoms with Gasteiger partial charge in [-0.1, -0.05) is 24.9 Å². The average molecular weight is 556 g/mol. The van der Waals surface area contributed by atoms with Crippen LogP contribution in [-0.2, 0) is 9.59 Å². The van der Waals surface area contributed by atoms with Crippen molar-refractivity contribution in [3.63, 3.8) is 0 Å². The summed E-state index contributed by atoms with van der Waals surface area (Å²) in [7, 11) is 0. The molecule has 12 heteroatoms. The maximum Gasteiger partial charge on any atom is 0.490 e. The molecule has 0 aliphatic carbocycles. The highest BCUT2D eigenvalue weighted by molar-refractivity contribution is 6.30. The van der Waals surface area contributed by atoms with Gasteiger partial charge in [0.05, 0.1) is 5.92 Å². The number of carbonyl (C=O) groups excluding carboxylic acids is 3. The number of likely N-dealkylation sites (tertiary alicyclic amines) is 1. The lowest BCUT2D eigenvalue weighted by atomic mass is 9.96. The molecule has 2 aromatic carbocycles. The number of piperidine rings is 1. The number of alkyl halides is 3. The van der Waals surface area contributed by atoms with Crippen LogP contribution in [0.25, 0.3) is 0 Å². The minimum atomic E-state index is -5.08. The summed E-state index contributed by atoms with van der Waals surface area (Å²) in [6, 6.07) is 13.4. The van der Waals surface area contributed by atoms with E-state index in [-0.39, 0.29) is 23.6 Å². The predicted octanol–water partition coefficient (Wildman–Crippen LogP) is 4.99. The van der Waals surface area contributed by atoms with Gasteiger partial charge >= 0.3 is 12.1 Å². The van der Waals surface area contributed by atoms with Gasteiger partial charge in [0.1, 0.15) is 0 Å². The maximum absolute atomic E-state index is 12.9. The van der Waals surface area contributed by atoms with Gasteiger partial charge in [0.15, 0.2) is 0 Å². The van der Waals surface area contributed by atoms with Crippen LogP contribution < -0.4 is 10.6 Å². The van der Waals surface area contributed by atoms with Crippen molar-refractivity contribution in [1.29, 1.82) is 0 Å². The Morgan fingerprint density at radius 2 is 1.61 bits per heavy atom. The van der Waals surface area contributed by atoms with Gasteiger partial charge in [-0.05, 0) is 67.8 Å². The lowest BCUT2D eigenvalue weighted by Gasteiger charge is -2.32. The van der Waals surface area contributed by atoms with Gasteiger partial charge in [0.25, 0.3) is 11.8 Å². The first-order chi connectivity index (χ1) is 17.9. The number of carbonyl (C=O) groups is 4. The second-order valence-corrected chi connectivity index (χ2v) is 9.01. The molecule has 1 unspecified atom stereocenters. The third kappa shape index (κ3) is 9.70. The van der Waals surface area contributed by atoms with Crippen molar-refractivity contribution in [3.8, 4) is 0 Å². The summed E-state index contributed by atoms with van der Waals surface area (Å²) >= 11 is 5.85. The fraction of sp³-hybridized carbons (Fsp3) is 0.385. The highest BCUT2D eigenvalue weighted by atomic mass is 35.5. The monoisotopic (exact) mass is 555 g/mol. The van der Waals surface area contributed by atoms with E-state index in [1.54, 1.807) is 53.4 Å². The fourth-order valence-electron chi connectivity index (χ4n) is 3.59. The van der Waals surface area contributed by atoms with Crippen LogP contribution in [0.1, 0.15) is 53.3 Å². The Kier molecular flexibility index (Phi) is 11.6. The quantitative estimate of drug-likeness (QED) is 0.416. The van der Waals surface area contributed by atoms with E-state index in [2.05, 4.69) is 17.6 Å². The van der Waals surface area contributed by atoms with Gasteiger partial charge in [0, 0.05) is 41.5 Å². The minimum absolute atomic E-state index is 0.0335. The highest BCUT2D eigenvalue weighted by Crippen LogP contribution is 2.20. The molecule has 0 spiro atoms. The summed E-state index contributed by atoms with van der Waals surface area (Å²) in [6.07, 6.45) is -1.47. The molecule has 0 saturated carbocycles. The number of anilines is 1. The van der Waals surface area contributed by atoms with Crippen LogP contribution in [0.2, 0.25) is 5.02 Å². The number of amides is 3. The third-order valence-corrected chi connectivity index (χ3v) is 5.90. The van der Waals surface area contributed by atoms with E-state index in [0.29, 0.717) is 41.5 Å². The largest absolute Gasteiger partial charge is 0.490 e. The Morgan fingerprint density at radius 3 is 2.16 bits per heavy atom. The van der Waals surface area contributed by atoms with Crippen LogP contribution in [0, 0.1) is 5.92 Å². The van der Waals surface area contributed by atoms with E-state index in [4.69, 9.17) is 21.5 Å². The smallest absolute Gasteiger partial charge is 0.475 e. The highest BCUT2D eigenvalue weighted by Gasteiger charge is 2.38. The molecular weight excluding hydrogens is 527 g/mol. The number of aliphatic carboxylic acids is 1. The average Bonchev–Trinajstić information content (AvgIpc) is 2.89. The van der Waals surface area contributed by atoms with Crippen LogP contribution in [0.5, 0.6) is 0 Å². The molecular formula is C26H29ClF3N3O5. The molecule has 8 nitrogen and oxygen atoms in total. The maximum atomic E-state index is 12.9. The molecule has 3 amide bonds. The van der Waals surface area contributed by atoms with Gasteiger partial charge in [0.2, 0.25) is 5.91 Å². The van der Waals surface area contributed by atoms with Gasteiger partial charge in [-0.15, -0.1) is 0 Å². The van der Waals surface area contributed by atoms with Gasteiger partial charge in [-0.25, -0.2) is 4.79 Å². The Bertz CT molecular complexity index is 1110. The Morgan fingerprint density at radius 1 is 1.03 bits per heavy atom. The number of carboxylic acids is 1. The van der Waals surface area contributed by atoms with E-state index in [0.717, 1.165) is 25.7 Å². The molecule has 1 atom stereocenters. The van der Waals surface area contributed by atoms with E-state index in [1.165, 1.54) is 0 Å². The van der Waals surface area contributed by atoms with Crippen molar-refractivity contribution in [2.24, 2.45) is 5.92 Å². The normalized spacial score (nSPS) is 15.1. The molecule has 1 aliphatic heterocycles. The predicted molar refractivity (Wildman–Crippen MR) is 136 cm³/mol. The molecule has 206 valence electrons. The summed E-state index contributed by atoms with van der Waals surface area (Å²) < 4.78 is 31.7. The van der Waals surface area contributed by atoms with Crippen molar-refractivity contribution in [1.82, 2.24) is 10.2 Å². The lowest BCUT2D eigenvalue weighted by Crippen LogP contribution is -2.45. The first-order valence-electron chi connectivity index (χ1n) is 12.0. The number of halogens is 4. The summed E-state index contributed by atoms with van der Waals surface area (Å²) in [5, 5.41) is 13.5. The Labute approximate surface area is 223 Å². The van der Waals surface area contributed by atoms with Crippen LogP contribution in [0.4, 0.5) is 18.9 Å². The summed E-state index contributed by atoms with van der Waals surface area (Å²) in [5.74, 6) is -3.23. The van der Waals surface area contributed by atoms with Gasteiger partial charge < -0.3 is 20.6 Å². The molecule has 3 rings (SSSR count). The van der Waals surface area contributed by atoms with E-state index in [9.17, 15) is 27.6 Å². The number of rotatable bonds is 7. The van der Waals surface area contributed by atoms with E-state index >= 15 is 0 Å². The van der Waals surface area contributed by atoms with Crippen molar-refractivity contribution < 1.29 is 37.5 Å². The number of hydrogen-bond donors (Lipinski definition) is 3. The fourth-order valence-corrected chi connectivity index (χ4v) is 3.72. The molecule has 1 heterocycles. The molecule has 1 aliphatic rings. The summed E-state index contributed by atoms with van der Waals surface area (Å²) in [5.41, 5.74) is 1.64. The van der Waals surface area contributed by atoms with E-state index in [1.807, 2.05) is 0 Å². The first kappa shape index (κ1) is 30.6. The van der Waals surface area contributed by atoms with Crippen LogP contribution in [0.3, 0.4) is 0 Å². The number of nitrogens with one attached hydrogen (secondary N) is 2. The van der Waals surface area contributed by atoms with Crippen molar-refractivity contribution in [3.05, 3.63) is 64.7 Å². The zero-order valence-electron chi connectivity index (χ0n) is 20.7. The molecule has 2 aromatic rings. The second kappa shape index (κ2) is 14.4. The topological polar surface area (TPSA) is 116 Å². The van der Waals surface area contributed by atoms with Gasteiger partial charge in [-0.3, -0.25) is 14.4 Å². The molecule has 0 bridgehead atoms. The molecule has 38 heavy (non-hydrogen) atoms. The molecule has 0 radical (unpaired) electrons.